The Bertz CT molecular complexity index is 676. The minimum atomic E-state index is -0.721. The lowest BCUT2D eigenvalue weighted by Crippen LogP contribution is -2.27. The van der Waals surface area contributed by atoms with Crippen LogP contribution in [0.2, 0.25) is 0 Å². The fourth-order valence-corrected chi connectivity index (χ4v) is 2.43. The van der Waals surface area contributed by atoms with Crippen molar-refractivity contribution in [3.05, 3.63) is 24.3 Å². The van der Waals surface area contributed by atoms with Gasteiger partial charge in [0.25, 0.3) is 0 Å². The highest BCUT2D eigenvalue weighted by molar-refractivity contribution is 8.13. The number of esters is 3. The van der Waals surface area contributed by atoms with E-state index in [4.69, 9.17) is 18.9 Å². The predicted octanol–water partition coefficient (Wildman–Crippen LogP) is 1.92. The second-order valence-electron chi connectivity index (χ2n) is 6.19. The summed E-state index contributed by atoms with van der Waals surface area (Å²) in [5.41, 5.74) is 0.515. The molecule has 0 saturated carbocycles. The van der Waals surface area contributed by atoms with Crippen molar-refractivity contribution in [2.45, 2.75) is 33.1 Å². The highest BCUT2D eigenvalue weighted by Crippen LogP contribution is 2.09. The summed E-state index contributed by atoms with van der Waals surface area (Å²) in [6.45, 7) is 9.68. The molecular formula is C20H29NO9S. The summed E-state index contributed by atoms with van der Waals surface area (Å²) in [6.07, 6.45) is -0.0435. The van der Waals surface area contributed by atoms with Crippen molar-refractivity contribution in [3.63, 3.8) is 0 Å². The summed E-state index contributed by atoms with van der Waals surface area (Å²) >= 11 is 1.05. The first-order chi connectivity index (χ1) is 14.6. The van der Waals surface area contributed by atoms with E-state index in [1.54, 1.807) is 0 Å². The molecule has 1 amide bonds. The van der Waals surface area contributed by atoms with Crippen LogP contribution in [0.15, 0.2) is 24.3 Å². The Morgan fingerprint density at radius 1 is 0.774 bits per heavy atom. The Morgan fingerprint density at radius 2 is 1.29 bits per heavy atom. The van der Waals surface area contributed by atoms with Crippen LogP contribution in [-0.4, -0.2) is 67.8 Å². The van der Waals surface area contributed by atoms with Crippen molar-refractivity contribution < 1.29 is 42.9 Å². The number of thioether (sulfide) groups is 1. The lowest BCUT2D eigenvalue weighted by molar-refractivity contribution is -0.150. The molecule has 31 heavy (non-hydrogen) atoms. The Hall–Kier alpha value is -2.82. The minimum absolute atomic E-state index is 0.0397. The molecular weight excluding hydrogens is 430 g/mol. The molecule has 0 rings (SSSR count). The van der Waals surface area contributed by atoms with E-state index in [0.717, 1.165) is 11.8 Å². The molecule has 174 valence electrons. The van der Waals surface area contributed by atoms with Gasteiger partial charge in [-0.25, -0.2) is 14.4 Å². The molecule has 0 aromatic rings. The smallest absolute Gasteiger partial charge is 0.407 e. The van der Waals surface area contributed by atoms with Crippen molar-refractivity contribution in [3.8, 4) is 0 Å². The SMILES string of the molecule is C=C(C)C(=O)OCCOC(=O)CCCSC(=O)CCNC(=O)OCCOC(=O)C(=C)C. The second-order valence-corrected chi connectivity index (χ2v) is 7.34. The summed E-state index contributed by atoms with van der Waals surface area (Å²) in [6, 6.07) is 0. The molecule has 0 radical (unpaired) electrons. The number of rotatable bonds is 15. The van der Waals surface area contributed by atoms with Crippen LogP contribution >= 0.6 is 11.8 Å². The zero-order valence-electron chi connectivity index (χ0n) is 17.9. The molecule has 0 fully saturated rings. The zero-order valence-corrected chi connectivity index (χ0v) is 18.7. The van der Waals surface area contributed by atoms with Gasteiger partial charge in [-0.2, -0.15) is 0 Å². The quantitative estimate of drug-likeness (QED) is 0.167. The van der Waals surface area contributed by atoms with E-state index in [2.05, 4.69) is 18.5 Å². The summed E-state index contributed by atoms with van der Waals surface area (Å²) in [7, 11) is 0. The topological polar surface area (TPSA) is 134 Å². The van der Waals surface area contributed by atoms with Gasteiger partial charge in [-0.3, -0.25) is 9.59 Å². The van der Waals surface area contributed by atoms with Gasteiger partial charge in [-0.1, -0.05) is 24.9 Å². The average molecular weight is 460 g/mol. The maximum absolute atomic E-state index is 11.7. The summed E-state index contributed by atoms with van der Waals surface area (Å²) in [5.74, 6) is -1.13. The summed E-state index contributed by atoms with van der Waals surface area (Å²) < 4.78 is 19.2. The van der Waals surface area contributed by atoms with E-state index in [-0.39, 0.29) is 62.1 Å². The molecule has 0 saturated heterocycles. The number of hydrogen-bond acceptors (Lipinski definition) is 10. The molecule has 0 aromatic heterocycles. The van der Waals surface area contributed by atoms with E-state index in [1.165, 1.54) is 13.8 Å². The van der Waals surface area contributed by atoms with Crippen LogP contribution in [0.1, 0.15) is 33.1 Å². The largest absolute Gasteiger partial charge is 0.462 e. The second kappa shape index (κ2) is 16.9. The van der Waals surface area contributed by atoms with Crippen LogP contribution in [0.5, 0.6) is 0 Å². The van der Waals surface area contributed by atoms with Crippen LogP contribution < -0.4 is 5.32 Å². The average Bonchev–Trinajstić information content (AvgIpc) is 2.71. The van der Waals surface area contributed by atoms with E-state index in [1.807, 2.05) is 0 Å². The van der Waals surface area contributed by atoms with Gasteiger partial charge in [-0.05, 0) is 20.3 Å². The number of alkyl carbamates (subject to hydrolysis) is 1. The Morgan fingerprint density at radius 3 is 1.84 bits per heavy atom. The Labute approximate surface area is 185 Å². The van der Waals surface area contributed by atoms with Crippen LogP contribution in [0, 0.1) is 0 Å². The van der Waals surface area contributed by atoms with E-state index in [0.29, 0.717) is 12.2 Å². The lowest BCUT2D eigenvalue weighted by Gasteiger charge is -2.07. The minimum Gasteiger partial charge on any atom is -0.462 e. The number of ether oxygens (including phenoxy) is 4. The summed E-state index contributed by atoms with van der Waals surface area (Å²) in [4.78, 5) is 56.9. The lowest BCUT2D eigenvalue weighted by atomic mass is 10.3. The van der Waals surface area contributed by atoms with E-state index >= 15 is 0 Å². The van der Waals surface area contributed by atoms with Gasteiger partial charge >= 0.3 is 24.0 Å². The molecule has 0 heterocycles. The number of hydrogen-bond donors (Lipinski definition) is 1. The molecule has 0 spiro atoms. The molecule has 0 atom stereocenters. The number of carbonyl (C=O) groups excluding carboxylic acids is 5. The van der Waals surface area contributed by atoms with Crippen LogP contribution in [0.4, 0.5) is 4.79 Å². The number of nitrogens with one attached hydrogen (secondary N) is 1. The van der Waals surface area contributed by atoms with Gasteiger partial charge in [0.15, 0.2) is 5.12 Å². The first kappa shape index (κ1) is 28.2. The third-order valence-electron chi connectivity index (χ3n) is 3.21. The van der Waals surface area contributed by atoms with Crippen molar-refractivity contribution in [2.24, 2.45) is 0 Å². The van der Waals surface area contributed by atoms with Crippen LogP contribution in [0.3, 0.4) is 0 Å². The van der Waals surface area contributed by atoms with Gasteiger partial charge in [-0.15, -0.1) is 0 Å². The maximum atomic E-state index is 11.7. The standard InChI is InChI=1S/C20H29NO9S/c1-14(2)18(24)28-10-9-27-16(22)6-5-13-31-17(23)7-8-21-20(26)30-12-11-29-19(25)15(3)4/h1,3,5-13H2,2,4H3,(H,21,26). The molecule has 0 aliphatic rings. The van der Waals surface area contributed by atoms with Gasteiger partial charge in [0.1, 0.15) is 26.4 Å². The van der Waals surface area contributed by atoms with Crippen molar-refractivity contribution in [1.82, 2.24) is 5.32 Å². The first-order valence-electron chi connectivity index (χ1n) is 9.50. The van der Waals surface area contributed by atoms with Gasteiger partial charge in [0.2, 0.25) is 0 Å². The molecule has 0 aromatic carbocycles. The Kier molecular flexibility index (Phi) is 15.4. The van der Waals surface area contributed by atoms with Crippen molar-refractivity contribution in [1.29, 1.82) is 0 Å². The molecule has 0 bridgehead atoms. The van der Waals surface area contributed by atoms with Gasteiger partial charge in [0, 0.05) is 36.3 Å². The zero-order chi connectivity index (χ0) is 23.6. The van der Waals surface area contributed by atoms with Crippen molar-refractivity contribution in [2.75, 3.05) is 38.7 Å². The highest BCUT2D eigenvalue weighted by Gasteiger charge is 2.09. The monoisotopic (exact) mass is 459 g/mol. The van der Waals surface area contributed by atoms with Gasteiger partial charge in [0.05, 0.1) is 0 Å². The summed E-state index contributed by atoms with van der Waals surface area (Å²) in [5, 5.41) is 2.27. The molecule has 0 unspecified atom stereocenters. The number of amides is 1. The third kappa shape index (κ3) is 16.6. The Balaban J connectivity index is 3.62. The normalized spacial score (nSPS) is 9.87. The third-order valence-corrected chi connectivity index (χ3v) is 4.23. The fraction of sp³-hybridized carbons (Fsp3) is 0.550. The predicted molar refractivity (Wildman–Crippen MR) is 113 cm³/mol. The molecule has 1 N–H and O–H groups in total. The highest BCUT2D eigenvalue weighted by atomic mass is 32.2. The fourth-order valence-electron chi connectivity index (χ4n) is 1.67. The van der Waals surface area contributed by atoms with Gasteiger partial charge < -0.3 is 24.3 Å². The van der Waals surface area contributed by atoms with Crippen LogP contribution in [-0.2, 0) is 38.1 Å². The molecule has 0 aliphatic carbocycles. The van der Waals surface area contributed by atoms with E-state index < -0.39 is 24.0 Å². The number of carbonyl (C=O) groups is 5. The maximum Gasteiger partial charge on any atom is 0.407 e. The van der Waals surface area contributed by atoms with Crippen LogP contribution in [0.25, 0.3) is 0 Å². The first-order valence-corrected chi connectivity index (χ1v) is 10.5. The van der Waals surface area contributed by atoms with Crippen molar-refractivity contribution >= 4 is 40.9 Å². The molecule has 0 aliphatic heterocycles. The molecule has 11 heteroatoms. The van der Waals surface area contributed by atoms with E-state index in [9.17, 15) is 24.0 Å². The molecule has 10 nitrogen and oxygen atoms in total.